The predicted molar refractivity (Wildman–Crippen MR) is 89.7 cm³/mol. The van der Waals surface area contributed by atoms with Gasteiger partial charge < -0.3 is 10.1 Å². The molecule has 0 aliphatic carbocycles. The lowest BCUT2D eigenvalue weighted by Crippen LogP contribution is -2.39. The third-order valence-electron chi connectivity index (χ3n) is 3.85. The van der Waals surface area contributed by atoms with Crippen LogP contribution < -0.4 is 5.32 Å². The minimum Gasteiger partial charge on any atom is -0.373 e. The number of amides is 1. The van der Waals surface area contributed by atoms with Crippen LogP contribution in [0, 0.1) is 5.41 Å². The molecular formula is C16H30BrNO3. The Morgan fingerprint density at radius 2 is 1.81 bits per heavy atom. The highest BCUT2D eigenvalue weighted by Gasteiger charge is 2.28. The van der Waals surface area contributed by atoms with E-state index in [-0.39, 0.29) is 28.7 Å². The molecule has 4 nitrogen and oxygen atoms in total. The van der Waals surface area contributed by atoms with Crippen molar-refractivity contribution in [2.75, 3.05) is 11.9 Å². The normalized spacial score (nSPS) is 13.9. The first kappa shape index (κ1) is 20.6. The van der Waals surface area contributed by atoms with Gasteiger partial charge in [-0.15, -0.1) is 0 Å². The number of nitrogens with one attached hydrogen (secondary N) is 1. The lowest BCUT2D eigenvalue weighted by molar-refractivity contribution is -0.129. The smallest absolute Gasteiger partial charge is 0.230 e. The average Bonchev–Trinajstić information content (AvgIpc) is 2.42. The number of carbonyl (C=O) groups excluding carboxylic acids is 2. The van der Waals surface area contributed by atoms with Gasteiger partial charge in [-0.2, -0.15) is 0 Å². The fourth-order valence-corrected chi connectivity index (χ4v) is 1.89. The summed E-state index contributed by atoms with van der Waals surface area (Å²) in [6.07, 6.45) is 2.06. The Labute approximate surface area is 137 Å². The van der Waals surface area contributed by atoms with Crippen LogP contribution in [0.5, 0.6) is 0 Å². The second-order valence-electron chi connectivity index (χ2n) is 6.83. The molecule has 0 saturated carbocycles. The highest BCUT2D eigenvalue weighted by molar-refractivity contribution is 9.09. The van der Waals surface area contributed by atoms with Crippen LogP contribution in [0.25, 0.3) is 0 Å². The van der Waals surface area contributed by atoms with Crippen LogP contribution in [0.4, 0.5) is 0 Å². The molecule has 0 aromatic heterocycles. The summed E-state index contributed by atoms with van der Waals surface area (Å²) in [6, 6.07) is -0.0443. The first-order valence-electron chi connectivity index (χ1n) is 7.56. The fraction of sp³-hybridized carbons (Fsp3) is 0.875. The number of Topliss-reactive ketones (excluding diaryl/α,β-unsaturated/α-hetero) is 1. The first-order valence-corrected chi connectivity index (χ1v) is 8.69. The van der Waals surface area contributed by atoms with Gasteiger partial charge in [0.25, 0.3) is 0 Å². The van der Waals surface area contributed by atoms with E-state index in [2.05, 4.69) is 21.2 Å². The Kier molecular flexibility index (Phi) is 8.71. The summed E-state index contributed by atoms with van der Waals surface area (Å²) in [5.41, 5.74) is -0.625. The largest absolute Gasteiger partial charge is 0.373 e. The molecule has 124 valence electrons. The predicted octanol–water partition coefficient (Wildman–Crippen LogP) is 3.47. The van der Waals surface area contributed by atoms with Crippen molar-refractivity contribution in [2.24, 2.45) is 5.41 Å². The molecular weight excluding hydrogens is 334 g/mol. The van der Waals surface area contributed by atoms with E-state index in [4.69, 9.17) is 4.74 Å². The summed E-state index contributed by atoms with van der Waals surface area (Å²) in [5, 5.41) is 3.12. The van der Waals surface area contributed by atoms with Crippen molar-refractivity contribution >= 4 is 27.6 Å². The van der Waals surface area contributed by atoms with Crippen molar-refractivity contribution in [3.8, 4) is 0 Å². The Balaban J connectivity index is 4.20. The van der Waals surface area contributed by atoms with E-state index in [9.17, 15) is 9.59 Å². The first-order chi connectivity index (χ1) is 9.54. The van der Waals surface area contributed by atoms with Gasteiger partial charge in [0.15, 0.2) is 0 Å². The second-order valence-corrected chi connectivity index (χ2v) is 7.39. The number of ketones is 1. The number of hydrogen-bond acceptors (Lipinski definition) is 3. The van der Waals surface area contributed by atoms with Gasteiger partial charge in [-0.1, -0.05) is 36.7 Å². The molecule has 1 unspecified atom stereocenters. The van der Waals surface area contributed by atoms with E-state index in [0.717, 1.165) is 6.42 Å². The molecule has 0 radical (unpaired) electrons. The summed E-state index contributed by atoms with van der Waals surface area (Å²) in [7, 11) is 0. The summed E-state index contributed by atoms with van der Waals surface area (Å²) >= 11 is 3.11. The fourth-order valence-electron chi connectivity index (χ4n) is 1.73. The molecule has 0 rings (SSSR count). The van der Waals surface area contributed by atoms with Crippen molar-refractivity contribution in [1.82, 2.24) is 5.32 Å². The van der Waals surface area contributed by atoms with Gasteiger partial charge in [0.1, 0.15) is 5.78 Å². The number of hydrogen-bond donors (Lipinski definition) is 1. The van der Waals surface area contributed by atoms with Crippen molar-refractivity contribution < 1.29 is 14.3 Å². The highest BCUT2D eigenvalue weighted by atomic mass is 79.9. The maximum Gasteiger partial charge on any atom is 0.230 e. The van der Waals surface area contributed by atoms with Crippen LogP contribution in [0.3, 0.4) is 0 Å². The van der Waals surface area contributed by atoms with E-state index in [1.165, 1.54) is 0 Å². The lowest BCUT2D eigenvalue weighted by atomic mass is 9.82. The Morgan fingerprint density at radius 1 is 1.24 bits per heavy atom. The molecule has 0 spiro atoms. The molecule has 0 bridgehead atoms. The van der Waals surface area contributed by atoms with Crippen molar-refractivity contribution in [3.63, 3.8) is 0 Å². The van der Waals surface area contributed by atoms with Crippen LogP contribution >= 0.6 is 15.9 Å². The van der Waals surface area contributed by atoms with Gasteiger partial charge >= 0.3 is 0 Å². The second kappa shape index (κ2) is 8.89. The zero-order valence-corrected chi connectivity index (χ0v) is 15.8. The van der Waals surface area contributed by atoms with Crippen LogP contribution in [-0.2, 0) is 14.3 Å². The molecule has 0 aliphatic heterocycles. The molecule has 0 aromatic rings. The zero-order valence-electron chi connectivity index (χ0n) is 14.2. The molecule has 1 N–H and O–H groups in total. The van der Waals surface area contributed by atoms with E-state index < -0.39 is 0 Å². The molecule has 0 aliphatic rings. The molecule has 0 fully saturated rings. The van der Waals surface area contributed by atoms with Crippen molar-refractivity contribution in [1.29, 1.82) is 0 Å². The number of ether oxygens (including phenoxy) is 1. The number of rotatable bonds is 10. The highest BCUT2D eigenvalue weighted by Crippen LogP contribution is 2.26. The standard InChI is InChI=1S/C16H30BrNO3/c1-7-15(3,4)13(19)8-9-16(5,6)21-11-12(2)18-14(20)10-17/h12H,7-11H2,1-6H3,(H,18,20). The molecule has 0 heterocycles. The van der Waals surface area contributed by atoms with Crippen LogP contribution in [0.1, 0.15) is 60.8 Å². The molecule has 0 aromatic carbocycles. The van der Waals surface area contributed by atoms with E-state index in [0.29, 0.717) is 24.8 Å². The van der Waals surface area contributed by atoms with Gasteiger partial charge in [-0.25, -0.2) is 0 Å². The molecule has 1 amide bonds. The molecule has 1 atom stereocenters. The summed E-state index contributed by atoms with van der Waals surface area (Å²) in [4.78, 5) is 23.4. The maximum absolute atomic E-state index is 12.1. The molecule has 21 heavy (non-hydrogen) atoms. The van der Waals surface area contributed by atoms with Gasteiger partial charge in [0, 0.05) is 17.9 Å². The van der Waals surface area contributed by atoms with E-state index in [1.807, 2.05) is 41.5 Å². The Bertz CT molecular complexity index is 353. The SMILES string of the molecule is CCC(C)(C)C(=O)CCC(C)(C)OCC(C)NC(=O)CBr. The van der Waals surface area contributed by atoms with Gasteiger partial charge in [-0.05, 0) is 33.6 Å². The van der Waals surface area contributed by atoms with E-state index in [1.54, 1.807) is 0 Å². The lowest BCUT2D eigenvalue weighted by Gasteiger charge is -2.29. The number of alkyl halides is 1. The van der Waals surface area contributed by atoms with Crippen LogP contribution in [-0.4, -0.2) is 35.3 Å². The number of carbonyl (C=O) groups is 2. The minimum absolute atomic E-state index is 0.0443. The zero-order chi connectivity index (χ0) is 16.7. The quantitative estimate of drug-likeness (QED) is 0.604. The average molecular weight is 364 g/mol. The van der Waals surface area contributed by atoms with Crippen LogP contribution in [0.15, 0.2) is 0 Å². The summed E-state index contributed by atoms with van der Waals surface area (Å²) < 4.78 is 5.85. The van der Waals surface area contributed by atoms with Gasteiger partial charge in [0.2, 0.25) is 5.91 Å². The summed E-state index contributed by atoms with van der Waals surface area (Å²) in [5.74, 6) is 0.228. The monoisotopic (exact) mass is 363 g/mol. The van der Waals surface area contributed by atoms with Crippen molar-refractivity contribution in [3.05, 3.63) is 0 Å². The third kappa shape index (κ3) is 8.57. The summed E-state index contributed by atoms with van der Waals surface area (Å²) in [6.45, 7) is 12.3. The topological polar surface area (TPSA) is 55.4 Å². The van der Waals surface area contributed by atoms with Crippen molar-refractivity contribution in [2.45, 2.75) is 72.4 Å². The molecule has 0 saturated heterocycles. The van der Waals surface area contributed by atoms with Gasteiger partial charge in [-0.3, -0.25) is 9.59 Å². The maximum atomic E-state index is 12.1. The Hall–Kier alpha value is -0.420. The third-order valence-corrected chi connectivity index (χ3v) is 4.35. The number of halogens is 1. The van der Waals surface area contributed by atoms with E-state index >= 15 is 0 Å². The van der Waals surface area contributed by atoms with Crippen LogP contribution in [0.2, 0.25) is 0 Å². The van der Waals surface area contributed by atoms with Gasteiger partial charge in [0.05, 0.1) is 17.5 Å². The molecule has 5 heteroatoms. The Morgan fingerprint density at radius 3 is 2.29 bits per heavy atom. The minimum atomic E-state index is -0.368.